The monoisotopic (exact) mass is 551 g/mol. The van der Waals surface area contributed by atoms with E-state index in [0.29, 0.717) is 6.04 Å². The summed E-state index contributed by atoms with van der Waals surface area (Å²) >= 11 is 0. The summed E-state index contributed by atoms with van der Waals surface area (Å²) in [4.78, 5) is 0. The maximum atomic E-state index is 5.38. The molecule has 1 unspecified atom stereocenters. The fourth-order valence-corrected chi connectivity index (χ4v) is 3.63. The molecule has 0 aromatic heterocycles. The van der Waals surface area contributed by atoms with Crippen LogP contribution in [0, 0.1) is 30.6 Å². The van der Waals surface area contributed by atoms with Crippen molar-refractivity contribution in [3.8, 4) is 12.3 Å². The predicted octanol–water partition coefficient (Wildman–Crippen LogP) is 10.7. The van der Waals surface area contributed by atoms with Crippen LogP contribution in [0.25, 0.3) is 0 Å². The molecule has 0 spiro atoms. The highest BCUT2D eigenvalue weighted by Gasteiger charge is 2.22. The fraction of sp³-hybridized carbons (Fsp3) is 0.579. The maximum Gasteiger partial charge on any atom is 0.0468 e. The van der Waals surface area contributed by atoms with Gasteiger partial charge in [0.1, 0.15) is 0 Å². The van der Waals surface area contributed by atoms with Crippen LogP contribution in [0.1, 0.15) is 124 Å². The zero-order valence-electron chi connectivity index (χ0n) is 28.3. The molecule has 2 heteroatoms. The van der Waals surface area contributed by atoms with Crippen molar-refractivity contribution in [2.75, 3.05) is 6.54 Å². The Balaban J connectivity index is -0.000000532. The van der Waals surface area contributed by atoms with Crippen LogP contribution in [0.4, 0.5) is 0 Å². The molecule has 2 nitrogen and oxygen atoms in total. The number of rotatable bonds is 14. The smallest absolute Gasteiger partial charge is 0.0468 e. The van der Waals surface area contributed by atoms with Gasteiger partial charge in [0.15, 0.2) is 0 Å². The second-order valence-corrected chi connectivity index (χ2v) is 11.7. The van der Waals surface area contributed by atoms with E-state index in [2.05, 4.69) is 112 Å². The SMILES string of the molecule is C#Cc1ccc(C)cc1CCC.C=C(NC(CCCC)C(=C)C)C(=C)C(C)(C)CC.C=CC.CC(C)CCCN. The van der Waals surface area contributed by atoms with E-state index >= 15 is 0 Å². The molecule has 0 aliphatic heterocycles. The van der Waals surface area contributed by atoms with Crippen LogP contribution in [-0.2, 0) is 6.42 Å². The molecular formula is C38H66N2. The Labute approximate surface area is 251 Å². The molecule has 1 rings (SSSR count). The first-order chi connectivity index (χ1) is 18.7. The number of nitrogens with one attached hydrogen (secondary N) is 1. The van der Waals surface area contributed by atoms with Crippen LogP contribution in [0.3, 0.4) is 0 Å². The van der Waals surface area contributed by atoms with Crippen LogP contribution in [0.15, 0.2) is 67.4 Å². The second-order valence-electron chi connectivity index (χ2n) is 11.7. The van der Waals surface area contributed by atoms with Gasteiger partial charge in [-0.3, -0.25) is 0 Å². The van der Waals surface area contributed by atoms with Gasteiger partial charge in [0, 0.05) is 17.3 Å². The summed E-state index contributed by atoms with van der Waals surface area (Å²) in [6, 6.07) is 6.59. The van der Waals surface area contributed by atoms with Crippen molar-refractivity contribution < 1.29 is 0 Å². The average Bonchev–Trinajstić information content (AvgIpc) is 2.90. The number of nitrogens with two attached hydrogens (primary N) is 1. The highest BCUT2D eigenvalue weighted by atomic mass is 14.9. The predicted molar refractivity (Wildman–Crippen MR) is 186 cm³/mol. The molecule has 1 aromatic rings. The molecule has 0 radical (unpaired) electrons. The van der Waals surface area contributed by atoms with Gasteiger partial charge in [0.05, 0.1) is 0 Å². The van der Waals surface area contributed by atoms with Crippen LogP contribution in [0.5, 0.6) is 0 Å². The first-order valence-electron chi connectivity index (χ1n) is 15.4. The van der Waals surface area contributed by atoms with E-state index in [9.17, 15) is 0 Å². The van der Waals surface area contributed by atoms with E-state index in [1.54, 1.807) is 6.08 Å². The Morgan fingerprint density at radius 2 is 1.65 bits per heavy atom. The Hall–Kier alpha value is -2.50. The fourth-order valence-electron chi connectivity index (χ4n) is 3.63. The van der Waals surface area contributed by atoms with Crippen LogP contribution < -0.4 is 11.1 Å². The van der Waals surface area contributed by atoms with Gasteiger partial charge < -0.3 is 11.1 Å². The summed E-state index contributed by atoms with van der Waals surface area (Å²) in [5.74, 6) is 3.53. The van der Waals surface area contributed by atoms with E-state index in [-0.39, 0.29) is 5.41 Å². The lowest BCUT2D eigenvalue weighted by Gasteiger charge is -2.30. The Morgan fingerprint density at radius 1 is 1.07 bits per heavy atom. The van der Waals surface area contributed by atoms with Crippen LogP contribution in [-0.4, -0.2) is 12.6 Å². The molecule has 3 N–H and O–H groups in total. The third-order valence-electron chi connectivity index (χ3n) is 6.78. The summed E-state index contributed by atoms with van der Waals surface area (Å²) in [5, 5.41) is 3.50. The van der Waals surface area contributed by atoms with E-state index in [1.807, 2.05) is 13.0 Å². The zero-order chi connectivity index (χ0) is 31.7. The third kappa shape index (κ3) is 21.3. The topological polar surface area (TPSA) is 38.0 Å². The number of benzene rings is 1. The summed E-state index contributed by atoms with van der Waals surface area (Å²) in [5.41, 5.74) is 12.3. The summed E-state index contributed by atoms with van der Waals surface area (Å²) < 4.78 is 0. The second kappa shape index (κ2) is 25.5. The summed E-state index contributed by atoms with van der Waals surface area (Å²) in [7, 11) is 0. The molecule has 0 saturated carbocycles. The highest BCUT2D eigenvalue weighted by Crippen LogP contribution is 2.32. The van der Waals surface area contributed by atoms with E-state index < -0.39 is 0 Å². The number of allylic oxidation sites excluding steroid dienone is 2. The van der Waals surface area contributed by atoms with Gasteiger partial charge in [-0.05, 0) is 88.0 Å². The number of hydrogen-bond donors (Lipinski definition) is 2. The Kier molecular flexibility index (Phi) is 26.7. The minimum Gasteiger partial charge on any atom is -0.379 e. The van der Waals surface area contributed by atoms with Gasteiger partial charge in [0.25, 0.3) is 0 Å². The Bertz CT molecular complexity index is 879. The zero-order valence-corrected chi connectivity index (χ0v) is 28.3. The number of aryl methyl sites for hydroxylation is 2. The van der Waals surface area contributed by atoms with E-state index in [1.165, 1.54) is 42.4 Å². The minimum absolute atomic E-state index is 0.106. The largest absolute Gasteiger partial charge is 0.379 e. The van der Waals surface area contributed by atoms with Crippen molar-refractivity contribution in [3.63, 3.8) is 0 Å². The Morgan fingerprint density at radius 3 is 2.02 bits per heavy atom. The minimum atomic E-state index is 0.106. The lowest BCUT2D eigenvalue weighted by molar-refractivity contribution is 0.426. The molecule has 0 fully saturated rings. The molecule has 0 bridgehead atoms. The standard InChI is InChI=1S/C17H31N.C12H14.C6H15N.C3H6/c1-9-11-12-16(13(3)4)18-15(6)14(5)17(7,8)10-2;1-4-6-12-9-10(3)7-8-11(12)5-2;1-6(2)4-3-5-7;1-3-2/h16,18H,3,5-6,9-12H2,1-2,4,7-8H3;2,7-9H,4,6H2,1,3H3;6H,3-5,7H2,1-2H3;3H,1H2,2H3. The average molecular weight is 551 g/mol. The summed E-state index contributed by atoms with van der Waals surface area (Å²) in [6.07, 6.45) is 16.4. The number of hydrogen-bond acceptors (Lipinski definition) is 2. The van der Waals surface area contributed by atoms with Crippen molar-refractivity contribution >= 4 is 0 Å². The highest BCUT2D eigenvalue weighted by molar-refractivity contribution is 5.42. The molecule has 1 aromatic carbocycles. The van der Waals surface area contributed by atoms with Crippen molar-refractivity contribution in [2.24, 2.45) is 17.1 Å². The molecule has 40 heavy (non-hydrogen) atoms. The molecule has 1 atom stereocenters. The van der Waals surface area contributed by atoms with Crippen molar-refractivity contribution in [1.82, 2.24) is 5.32 Å². The molecule has 0 aliphatic carbocycles. The molecule has 0 aliphatic rings. The van der Waals surface area contributed by atoms with E-state index in [4.69, 9.17) is 12.2 Å². The first-order valence-corrected chi connectivity index (χ1v) is 15.4. The van der Waals surface area contributed by atoms with Gasteiger partial charge in [-0.15, -0.1) is 13.0 Å². The lowest BCUT2D eigenvalue weighted by Crippen LogP contribution is -2.32. The van der Waals surface area contributed by atoms with Crippen molar-refractivity contribution in [1.29, 1.82) is 0 Å². The first kappa shape index (κ1) is 42.0. The van der Waals surface area contributed by atoms with Gasteiger partial charge in [-0.2, -0.15) is 0 Å². The van der Waals surface area contributed by atoms with Gasteiger partial charge in [0.2, 0.25) is 0 Å². The quantitative estimate of drug-likeness (QED) is 0.137. The van der Waals surface area contributed by atoms with Gasteiger partial charge in [-0.25, -0.2) is 0 Å². The number of terminal acetylenes is 1. The summed E-state index contributed by atoms with van der Waals surface area (Å²) in [6.45, 7) is 38.1. The van der Waals surface area contributed by atoms with E-state index in [0.717, 1.165) is 55.0 Å². The molecular weight excluding hydrogens is 484 g/mol. The number of unbranched alkanes of at least 4 members (excludes halogenated alkanes) is 1. The van der Waals surface area contributed by atoms with Gasteiger partial charge >= 0.3 is 0 Å². The van der Waals surface area contributed by atoms with Crippen LogP contribution >= 0.6 is 0 Å². The molecule has 0 saturated heterocycles. The van der Waals surface area contributed by atoms with Crippen molar-refractivity contribution in [3.05, 3.63) is 84.1 Å². The van der Waals surface area contributed by atoms with Gasteiger partial charge in [-0.1, -0.05) is 123 Å². The molecule has 0 heterocycles. The lowest BCUT2D eigenvalue weighted by atomic mass is 9.81. The van der Waals surface area contributed by atoms with Crippen LogP contribution in [0.2, 0.25) is 0 Å². The molecule has 228 valence electrons. The normalized spacial score (nSPS) is 10.8. The van der Waals surface area contributed by atoms with Crippen molar-refractivity contribution in [2.45, 2.75) is 127 Å². The third-order valence-corrected chi connectivity index (χ3v) is 6.78. The maximum absolute atomic E-state index is 5.38. The molecule has 0 amide bonds.